The molecule has 0 saturated carbocycles. The summed E-state index contributed by atoms with van der Waals surface area (Å²) in [5.74, 6) is -1.05. The molecule has 166 valence electrons. The number of ketones is 1. The molecule has 0 radical (unpaired) electrons. The molecule has 2 aliphatic rings. The summed E-state index contributed by atoms with van der Waals surface area (Å²) in [6.45, 7) is 2.10. The number of halogens is 2. The molecule has 1 aliphatic heterocycles. The number of hydrogen-bond donors (Lipinski definition) is 0. The van der Waals surface area contributed by atoms with Crippen LogP contribution in [0.5, 0.6) is 5.75 Å². The van der Waals surface area contributed by atoms with Crippen LogP contribution in [0.1, 0.15) is 37.7 Å². The summed E-state index contributed by atoms with van der Waals surface area (Å²) in [6.07, 6.45) is 1.88. The van der Waals surface area contributed by atoms with Gasteiger partial charge in [-0.25, -0.2) is 0 Å². The van der Waals surface area contributed by atoms with E-state index < -0.39 is 17.8 Å². The van der Waals surface area contributed by atoms with Crippen LogP contribution in [-0.4, -0.2) is 30.7 Å². The molecule has 0 fully saturated rings. The molecule has 0 saturated heterocycles. The Hall–Kier alpha value is -2.63. The van der Waals surface area contributed by atoms with Gasteiger partial charge in [-0.3, -0.25) is 14.6 Å². The minimum atomic E-state index is -0.744. The van der Waals surface area contributed by atoms with Crippen molar-refractivity contribution in [2.45, 2.75) is 32.1 Å². The van der Waals surface area contributed by atoms with E-state index in [1.807, 2.05) is 30.3 Å². The van der Waals surface area contributed by atoms with E-state index in [9.17, 15) is 9.59 Å². The zero-order valence-corrected chi connectivity index (χ0v) is 19.2. The van der Waals surface area contributed by atoms with E-state index in [4.69, 9.17) is 32.7 Å². The molecule has 0 amide bonds. The molecule has 2 atom stereocenters. The van der Waals surface area contributed by atoms with Crippen LogP contribution in [0.15, 0.2) is 64.8 Å². The van der Waals surface area contributed by atoms with Gasteiger partial charge in [0.05, 0.1) is 0 Å². The summed E-state index contributed by atoms with van der Waals surface area (Å²) in [5, 5.41) is 0.897. The van der Waals surface area contributed by atoms with E-state index in [1.165, 1.54) is 0 Å². The summed E-state index contributed by atoms with van der Waals surface area (Å²) in [6, 6.07) is 14.4. The van der Waals surface area contributed by atoms with Crippen LogP contribution < -0.4 is 4.74 Å². The van der Waals surface area contributed by atoms with Gasteiger partial charge in [0.2, 0.25) is 0 Å². The standard InChI is InChI=1S/C25H23Cl2NO4/c1-15-22(25(30)32-13-12-31-17-6-3-2-4-7-17)23(18-11-10-16(26)14-19(18)27)24-20(28-15)8-5-9-21(24)29/h2-4,6-7,10-11,14,22-23H,5,8-9,12-13H2,1H3/t22?,23-/m1/s1. The van der Waals surface area contributed by atoms with Gasteiger partial charge in [-0.05, 0) is 49.6 Å². The van der Waals surface area contributed by atoms with E-state index in [0.717, 1.165) is 12.1 Å². The predicted molar refractivity (Wildman–Crippen MR) is 125 cm³/mol. The third-order valence-electron chi connectivity index (χ3n) is 5.73. The number of para-hydroxylation sites is 1. The first-order valence-corrected chi connectivity index (χ1v) is 11.3. The summed E-state index contributed by atoms with van der Waals surface area (Å²) in [7, 11) is 0. The monoisotopic (exact) mass is 471 g/mol. The Kier molecular flexibility index (Phi) is 6.97. The highest BCUT2D eigenvalue weighted by molar-refractivity contribution is 6.35. The van der Waals surface area contributed by atoms with Crippen molar-refractivity contribution in [2.24, 2.45) is 10.9 Å². The minimum absolute atomic E-state index is 0.00345. The Labute approximate surface area is 197 Å². The number of allylic oxidation sites excluding steroid dienone is 2. The van der Waals surface area contributed by atoms with Crippen molar-refractivity contribution in [1.82, 2.24) is 0 Å². The highest BCUT2D eigenvalue weighted by Crippen LogP contribution is 2.45. The van der Waals surface area contributed by atoms with Gasteiger partial charge in [0.15, 0.2) is 5.78 Å². The molecule has 2 aromatic carbocycles. The van der Waals surface area contributed by atoms with Gasteiger partial charge in [0.25, 0.3) is 0 Å². The number of rotatable bonds is 6. The predicted octanol–water partition coefficient (Wildman–Crippen LogP) is 5.80. The Morgan fingerprint density at radius 1 is 1.09 bits per heavy atom. The molecule has 32 heavy (non-hydrogen) atoms. The summed E-state index contributed by atoms with van der Waals surface area (Å²) in [5.41, 5.74) is 2.60. The average molecular weight is 472 g/mol. The van der Waals surface area contributed by atoms with Crippen molar-refractivity contribution in [3.05, 3.63) is 75.4 Å². The molecule has 5 nitrogen and oxygen atoms in total. The Bertz CT molecular complexity index is 1090. The van der Waals surface area contributed by atoms with Gasteiger partial charge in [-0.1, -0.05) is 47.5 Å². The highest BCUT2D eigenvalue weighted by Gasteiger charge is 2.43. The van der Waals surface area contributed by atoms with Crippen molar-refractivity contribution < 1.29 is 19.1 Å². The number of hydrogen-bond acceptors (Lipinski definition) is 5. The van der Waals surface area contributed by atoms with Crippen LogP contribution in [0, 0.1) is 5.92 Å². The summed E-state index contributed by atoms with van der Waals surface area (Å²) >= 11 is 12.6. The highest BCUT2D eigenvalue weighted by atomic mass is 35.5. The maximum Gasteiger partial charge on any atom is 0.315 e. The summed E-state index contributed by atoms with van der Waals surface area (Å²) < 4.78 is 11.2. The maximum absolute atomic E-state index is 13.2. The minimum Gasteiger partial charge on any atom is -0.490 e. The Morgan fingerprint density at radius 2 is 1.88 bits per heavy atom. The molecule has 0 bridgehead atoms. The topological polar surface area (TPSA) is 65.0 Å². The number of ether oxygens (including phenoxy) is 2. The number of esters is 1. The third kappa shape index (κ3) is 4.74. The molecule has 1 aliphatic carbocycles. The first-order chi connectivity index (χ1) is 15.5. The van der Waals surface area contributed by atoms with Gasteiger partial charge in [0, 0.05) is 39.4 Å². The number of Topliss-reactive ketones (excluding diaryl/α,β-unsaturated/α-hetero) is 1. The molecule has 4 rings (SSSR count). The molecule has 0 spiro atoms. The van der Waals surface area contributed by atoms with Gasteiger partial charge >= 0.3 is 5.97 Å². The first-order valence-electron chi connectivity index (χ1n) is 10.6. The van der Waals surface area contributed by atoms with Crippen LogP contribution in [-0.2, 0) is 14.3 Å². The first kappa shape index (κ1) is 22.6. The second-order valence-electron chi connectivity index (χ2n) is 7.84. The molecule has 1 heterocycles. The smallest absolute Gasteiger partial charge is 0.315 e. The fourth-order valence-corrected chi connectivity index (χ4v) is 4.84. The van der Waals surface area contributed by atoms with Crippen LogP contribution in [0.25, 0.3) is 0 Å². The zero-order chi connectivity index (χ0) is 22.7. The molecule has 1 unspecified atom stereocenters. The average Bonchev–Trinajstić information content (AvgIpc) is 2.77. The lowest BCUT2D eigenvalue weighted by atomic mass is 9.72. The molecular formula is C25H23Cl2NO4. The second kappa shape index (κ2) is 9.88. The number of carbonyl (C=O) groups excluding carboxylic acids is 2. The number of nitrogens with zero attached hydrogens (tertiary/aromatic N) is 1. The van der Waals surface area contributed by atoms with E-state index in [2.05, 4.69) is 4.99 Å². The Morgan fingerprint density at radius 3 is 2.62 bits per heavy atom. The third-order valence-corrected chi connectivity index (χ3v) is 6.29. The van der Waals surface area contributed by atoms with Crippen LogP contribution in [0.4, 0.5) is 0 Å². The fourth-order valence-electron chi connectivity index (χ4n) is 4.31. The second-order valence-corrected chi connectivity index (χ2v) is 8.68. The van der Waals surface area contributed by atoms with Crippen molar-refractivity contribution in [1.29, 1.82) is 0 Å². The van der Waals surface area contributed by atoms with E-state index in [0.29, 0.717) is 45.5 Å². The zero-order valence-electron chi connectivity index (χ0n) is 17.6. The van der Waals surface area contributed by atoms with E-state index in [-0.39, 0.29) is 19.0 Å². The van der Waals surface area contributed by atoms with Crippen molar-refractivity contribution in [3.63, 3.8) is 0 Å². The molecule has 2 aromatic rings. The molecule has 0 aromatic heterocycles. The summed E-state index contributed by atoms with van der Waals surface area (Å²) in [4.78, 5) is 30.7. The number of aliphatic imine (C=N–C) groups is 1. The quantitative estimate of drug-likeness (QED) is 0.394. The van der Waals surface area contributed by atoms with Gasteiger partial charge < -0.3 is 9.47 Å². The normalized spacial score (nSPS) is 20.5. The van der Waals surface area contributed by atoms with Crippen LogP contribution in [0.2, 0.25) is 10.0 Å². The fraction of sp³-hybridized carbons (Fsp3) is 0.320. The van der Waals surface area contributed by atoms with Crippen molar-refractivity contribution >= 4 is 40.7 Å². The Balaban J connectivity index is 1.58. The van der Waals surface area contributed by atoms with E-state index >= 15 is 0 Å². The van der Waals surface area contributed by atoms with Crippen LogP contribution >= 0.6 is 23.2 Å². The van der Waals surface area contributed by atoms with E-state index in [1.54, 1.807) is 25.1 Å². The van der Waals surface area contributed by atoms with Crippen LogP contribution in [0.3, 0.4) is 0 Å². The molecule has 0 N–H and O–H groups in total. The lowest BCUT2D eigenvalue weighted by Crippen LogP contribution is -2.37. The molecule has 7 heteroatoms. The maximum atomic E-state index is 13.2. The largest absolute Gasteiger partial charge is 0.490 e. The van der Waals surface area contributed by atoms with Crippen molar-refractivity contribution in [3.8, 4) is 5.75 Å². The van der Waals surface area contributed by atoms with Gasteiger partial charge in [-0.15, -0.1) is 0 Å². The number of benzene rings is 2. The lowest BCUT2D eigenvalue weighted by Gasteiger charge is -2.34. The van der Waals surface area contributed by atoms with Gasteiger partial charge in [-0.2, -0.15) is 0 Å². The lowest BCUT2D eigenvalue weighted by molar-refractivity contribution is -0.147. The van der Waals surface area contributed by atoms with Crippen molar-refractivity contribution in [2.75, 3.05) is 13.2 Å². The SMILES string of the molecule is CC1=NC2=C(C(=O)CCC2)[C@H](c2ccc(Cl)cc2Cl)C1C(=O)OCCOc1ccccc1. The number of carbonyl (C=O) groups is 2. The van der Waals surface area contributed by atoms with Gasteiger partial charge in [0.1, 0.15) is 24.9 Å². The molecular weight excluding hydrogens is 449 g/mol.